The Morgan fingerprint density at radius 2 is 1.58 bits per heavy atom. The number of amides is 2. The minimum absolute atomic E-state index is 0.0403. The summed E-state index contributed by atoms with van der Waals surface area (Å²) in [4.78, 5) is 30.5. The molecule has 0 aromatic heterocycles. The number of hydrogen-bond acceptors (Lipinski definition) is 4. The largest absolute Gasteiger partial charge is 0.497 e. The summed E-state index contributed by atoms with van der Waals surface area (Å²) in [6.07, 6.45) is 8.26. The summed E-state index contributed by atoms with van der Waals surface area (Å²) in [5.41, 5.74) is 1.80. The Hall–Kier alpha value is -3.28. The zero-order chi connectivity index (χ0) is 25.2. The highest BCUT2D eigenvalue weighted by Crippen LogP contribution is 2.51. The third-order valence-corrected chi connectivity index (χ3v) is 8.29. The van der Waals surface area contributed by atoms with Gasteiger partial charge in [0, 0.05) is 37.8 Å². The molecule has 0 radical (unpaired) electrons. The van der Waals surface area contributed by atoms with E-state index in [2.05, 4.69) is 4.90 Å². The lowest BCUT2D eigenvalue weighted by molar-refractivity contribution is -0.134. The van der Waals surface area contributed by atoms with Crippen LogP contribution in [0.3, 0.4) is 0 Å². The zero-order valence-corrected chi connectivity index (χ0v) is 21.4. The first-order valence-electron chi connectivity index (χ1n) is 13.1. The van der Waals surface area contributed by atoms with E-state index < -0.39 is 0 Å². The van der Waals surface area contributed by atoms with Crippen molar-refractivity contribution in [3.05, 3.63) is 65.7 Å². The molecule has 36 heavy (non-hydrogen) atoms. The normalized spacial score (nSPS) is 20.1. The van der Waals surface area contributed by atoms with Gasteiger partial charge in [-0.3, -0.25) is 9.59 Å². The summed E-state index contributed by atoms with van der Waals surface area (Å²) in [7, 11) is 1.66. The number of para-hydroxylation sites is 1. The number of carbonyl (C=O) groups excluding carboxylic acids is 2. The van der Waals surface area contributed by atoms with Gasteiger partial charge in [-0.05, 0) is 74.3 Å². The van der Waals surface area contributed by atoms with Gasteiger partial charge in [0.2, 0.25) is 11.8 Å². The molecule has 2 aliphatic heterocycles. The van der Waals surface area contributed by atoms with Crippen molar-refractivity contribution in [1.82, 2.24) is 9.80 Å². The van der Waals surface area contributed by atoms with Gasteiger partial charge in [-0.15, -0.1) is 0 Å². The molecular formula is C30H36N2O4. The highest BCUT2D eigenvalue weighted by Gasteiger charge is 2.55. The SMILES string of the molecule is CCOc1ccccc1/C=C/C(=O)N1CCC2(CC1)CCN(C(=O)C1(c3ccc(OC)cc3)CC1)C2. The number of carbonyl (C=O) groups is 2. The summed E-state index contributed by atoms with van der Waals surface area (Å²) < 4.78 is 10.9. The van der Waals surface area contributed by atoms with Gasteiger partial charge in [0.15, 0.2) is 0 Å². The zero-order valence-electron chi connectivity index (χ0n) is 21.4. The van der Waals surface area contributed by atoms with Crippen molar-refractivity contribution in [3.63, 3.8) is 0 Å². The van der Waals surface area contributed by atoms with Crippen LogP contribution < -0.4 is 9.47 Å². The lowest BCUT2D eigenvalue weighted by atomic mass is 9.77. The highest BCUT2D eigenvalue weighted by atomic mass is 16.5. The van der Waals surface area contributed by atoms with Crippen molar-refractivity contribution in [2.75, 3.05) is 39.9 Å². The fourth-order valence-corrected chi connectivity index (χ4v) is 5.85. The Kier molecular flexibility index (Phi) is 6.78. The number of hydrogen-bond donors (Lipinski definition) is 0. The van der Waals surface area contributed by atoms with Crippen molar-refractivity contribution >= 4 is 17.9 Å². The molecular weight excluding hydrogens is 452 g/mol. The van der Waals surface area contributed by atoms with E-state index in [1.807, 2.05) is 66.4 Å². The van der Waals surface area contributed by atoms with E-state index in [1.165, 1.54) is 0 Å². The molecule has 0 N–H and O–H groups in total. The van der Waals surface area contributed by atoms with Crippen LogP contribution in [-0.2, 0) is 15.0 Å². The Bertz CT molecular complexity index is 1130. The molecule has 3 aliphatic rings. The first kappa shape index (κ1) is 24.4. The van der Waals surface area contributed by atoms with Crippen LogP contribution in [0.5, 0.6) is 11.5 Å². The molecule has 1 saturated carbocycles. The summed E-state index contributed by atoms with van der Waals surface area (Å²) in [5.74, 6) is 1.93. The van der Waals surface area contributed by atoms with Crippen LogP contribution in [-0.4, -0.2) is 61.5 Å². The van der Waals surface area contributed by atoms with E-state index in [1.54, 1.807) is 13.2 Å². The van der Waals surface area contributed by atoms with Crippen LogP contribution in [0.25, 0.3) is 6.08 Å². The minimum Gasteiger partial charge on any atom is -0.497 e. The van der Waals surface area contributed by atoms with Gasteiger partial charge < -0.3 is 19.3 Å². The monoisotopic (exact) mass is 488 g/mol. The smallest absolute Gasteiger partial charge is 0.246 e. The van der Waals surface area contributed by atoms with Crippen molar-refractivity contribution in [1.29, 1.82) is 0 Å². The van der Waals surface area contributed by atoms with E-state index in [0.29, 0.717) is 6.61 Å². The predicted molar refractivity (Wildman–Crippen MR) is 140 cm³/mol. The molecule has 0 unspecified atom stereocenters. The highest BCUT2D eigenvalue weighted by molar-refractivity contribution is 5.92. The summed E-state index contributed by atoms with van der Waals surface area (Å²) in [6.45, 7) is 5.65. The van der Waals surface area contributed by atoms with Crippen LogP contribution in [0, 0.1) is 5.41 Å². The van der Waals surface area contributed by atoms with E-state index in [9.17, 15) is 9.59 Å². The van der Waals surface area contributed by atoms with Crippen LogP contribution in [0.1, 0.15) is 50.2 Å². The number of rotatable bonds is 7. The van der Waals surface area contributed by atoms with Crippen LogP contribution >= 0.6 is 0 Å². The molecule has 2 amide bonds. The first-order chi connectivity index (χ1) is 17.5. The fraction of sp³-hybridized carbons (Fsp3) is 0.467. The standard InChI is InChI=1S/C30H36N2O4/c1-3-36-26-7-5-4-6-23(26)8-13-27(33)31-19-16-29(17-20-31)18-21-32(22-29)28(34)30(14-15-30)24-9-11-25(35-2)12-10-24/h4-13H,3,14-22H2,1-2H3/b13-8+. The van der Waals surface area contributed by atoms with Gasteiger partial charge in [-0.1, -0.05) is 30.3 Å². The molecule has 190 valence electrons. The average molecular weight is 489 g/mol. The topological polar surface area (TPSA) is 59.1 Å². The number of nitrogens with zero attached hydrogens (tertiary/aromatic N) is 2. The Labute approximate surface area is 213 Å². The molecule has 0 atom stereocenters. The third-order valence-electron chi connectivity index (χ3n) is 8.29. The van der Waals surface area contributed by atoms with Crippen molar-refractivity contribution in [3.8, 4) is 11.5 Å². The Morgan fingerprint density at radius 3 is 2.22 bits per heavy atom. The summed E-state index contributed by atoms with van der Waals surface area (Å²) in [5, 5.41) is 0. The molecule has 2 aromatic rings. The molecule has 2 saturated heterocycles. The number of piperidine rings is 1. The van der Waals surface area contributed by atoms with Crippen LogP contribution in [0.4, 0.5) is 0 Å². The first-order valence-corrected chi connectivity index (χ1v) is 13.1. The Morgan fingerprint density at radius 1 is 0.917 bits per heavy atom. The number of methoxy groups -OCH3 is 1. The van der Waals surface area contributed by atoms with Gasteiger partial charge in [-0.25, -0.2) is 0 Å². The number of likely N-dealkylation sites (tertiary alicyclic amines) is 2. The maximum Gasteiger partial charge on any atom is 0.246 e. The molecule has 3 fully saturated rings. The molecule has 2 aromatic carbocycles. The van der Waals surface area contributed by atoms with Crippen molar-refractivity contribution < 1.29 is 19.1 Å². The molecule has 2 heterocycles. The maximum atomic E-state index is 13.6. The van der Waals surface area contributed by atoms with E-state index in [0.717, 1.165) is 80.9 Å². The van der Waals surface area contributed by atoms with Crippen molar-refractivity contribution in [2.45, 2.75) is 44.4 Å². The lowest BCUT2D eigenvalue weighted by Gasteiger charge is -2.39. The van der Waals surface area contributed by atoms with Gasteiger partial charge in [0.25, 0.3) is 0 Å². The van der Waals surface area contributed by atoms with Crippen LogP contribution in [0.15, 0.2) is 54.6 Å². The number of benzene rings is 2. The number of ether oxygens (including phenoxy) is 2. The second-order valence-corrected chi connectivity index (χ2v) is 10.4. The minimum atomic E-state index is -0.350. The second-order valence-electron chi connectivity index (χ2n) is 10.4. The van der Waals surface area contributed by atoms with E-state index >= 15 is 0 Å². The molecule has 1 spiro atoms. The predicted octanol–water partition coefficient (Wildman–Crippen LogP) is 4.68. The summed E-state index contributed by atoms with van der Waals surface area (Å²) >= 11 is 0. The molecule has 5 rings (SSSR count). The van der Waals surface area contributed by atoms with E-state index in [4.69, 9.17) is 9.47 Å². The van der Waals surface area contributed by atoms with Gasteiger partial charge in [0.1, 0.15) is 11.5 Å². The third kappa shape index (κ3) is 4.73. The molecule has 0 bridgehead atoms. The van der Waals surface area contributed by atoms with Gasteiger partial charge in [0.05, 0.1) is 19.1 Å². The molecule has 1 aliphatic carbocycles. The van der Waals surface area contributed by atoms with Crippen LogP contribution in [0.2, 0.25) is 0 Å². The molecule has 6 nitrogen and oxygen atoms in total. The van der Waals surface area contributed by atoms with Gasteiger partial charge >= 0.3 is 0 Å². The quantitative estimate of drug-likeness (QED) is 0.531. The summed E-state index contributed by atoms with van der Waals surface area (Å²) in [6, 6.07) is 15.8. The molecule has 6 heteroatoms. The fourth-order valence-electron chi connectivity index (χ4n) is 5.85. The van der Waals surface area contributed by atoms with Crippen molar-refractivity contribution in [2.24, 2.45) is 5.41 Å². The second kappa shape index (κ2) is 10.00. The van der Waals surface area contributed by atoms with Gasteiger partial charge in [-0.2, -0.15) is 0 Å². The van der Waals surface area contributed by atoms with E-state index in [-0.39, 0.29) is 22.6 Å². The average Bonchev–Trinajstić information content (AvgIpc) is 3.63. The Balaban J connectivity index is 1.17. The maximum absolute atomic E-state index is 13.6. The lowest BCUT2D eigenvalue weighted by Crippen LogP contribution is -2.45.